The first-order valence-corrected chi connectivity index (χ1v) is 2.51. The molecule has 0 aromatic carbocycles. The standard InChI is InChI=1S/C4H10ClN.H2O/c1-6(2)4-3-5;/h3-4H2,1-2H3;1H2. The average molecular weight is 126 g/mol. The van der Waals surface area contributed by atoms with E-state index >= 15 is 0 Å². The molecule has 46 valence electrons. The van der Waals surface area contributed by atoms with Crippen molar-refractivity contribution in [2.24, 2.45) is 0 Å². The molecule has 0 fully saturated rings. The molecule has 2 nitrogen and oxygen atoms in total. The smallest absolute Gasteiger partial charge is 0.0350 e. The van der Waals surface area contributed by atoms with Gasteiger partial charge in [0, 0.05) is 12.4 Å². The lowest BCUT2D eigenvalue weighted by atomic mass is 10.7. The van der Waals surface area contributed by atoms with Crippen LogP contribution in [0.25, 0.3) is 0 Å². The van der Waals surface area contributed by atoms with Crippen LogP contribution in [-0.2, 0) is 0 Å². The summed E-state index contributed by atoms with van der Waals surface area (Å²) in [6.45, 7) is 0.974. The minimum atomic E-state index is 0. The van der Waals surface area contributed by atoms with Crippen LogP contribution in [0.1, 0.15) is 0 Å². The third-order valence-electron chi connectivity index (χ3n) is 0.532. The minimum Gasteiger partial charge on any atom is -0.412 e. The molecule has 0 atom stereocenters. The summed E-state index contributed by atoms with van der Waals surface area (Å²) in [6, 6.07) is 0. The van der Waals surface area contributed by atoms with Crippen LogP contribution >= 0.6 is 11.6 Å². The maximum atomic E-state index is 5.35. The van der Waals surface area contributed by atoms with Crippen molar-refractivity contribution in [1.29, 1.82) is 0 Å². The number of rotatable bonds is 2. The van der Waals surface area contributed by atoms with E-state index in [1.807, 2.05) is 19.0 Å². The predicted molar refractivity (Wildman–Crippen MR) is 32.9 cm³/mol. The van der Waals surface area contributed by atoms with Gasteiger partial charge in [-0.05, 0) is 14.1 Å². The van der Waals surface area contributed by atoms with Crippen LogP contribution in [0.15, 0.2) is 0 Å². The maximum absolute atomic E-state index is 5.35. The number of nitrogens with zero attached hydrogens (tertiary/aromatic N) is 1. The first-order valence-electron chi connectivity index (χ1n) is 1.98. The van der Waals surface area contributed by atoms with Crippen LogP contribution in [0.3, 0.4) is 0 Å². The monoisotopic (exact) mass is 125 g/mol. The van der Waals surface area contributed by atoms with Crippen molar-refractivity contribution in [3.8, 4) is 0 Å². The van der Waals surface area contributed by atoms with Crippen LogP contribution in [0.2, 0.25) is 0 Å². The number of alkyl halides is 1. The molecular weight excluding hydrogens is 114 g/mol. The van der Waals surface area contributed by atoms with E-state index in [0.717, 1.165) is 12.4 Å². The van der Waals surface area contributed by atoms with E-state index < -0.39 is 0 Å². The molecule has 0 radical (unpaired) electrons. The summed E-state index contributed by atoms with van der Waals surface area (Å²) in [7, 11) is 4.00. The van der Waals surface area contributed by atoms with Gasteiger partial charge >= 0.3 is 0 Å². The molecule has 0 unspecified atom stereocenters. The van der Waals surface area contributed by atoms with Crippen molar-refractivity contribution in [3.63, 3.8) is 0 Å². The summed E-state index contributed by atoms with van der Waals surface area (Å²) < 4.78 is 0. The molecule has 0 aromatic rings. The quantitative estimate of drug-likeness (QED) is 0.477. The Morgan fingerprint density at radius 2 is 1.86 bits per heavy atom. The van der Waals surface area contributed by atoms with Gasteiger partial charge in [0.15, 0.2) is 0 Å². The van der Waals surface area contributed by atoms with Crippen molar-refractivity contribution in [2.75, 3.05) is 26.5 Å². The van der Waals surface area contributed by atoms with Crippen LogP contribution in [-0.4, -0.2) is 36.9 Å². The molecule has 3 heteroatoms. The van der Waals surface area contributed by atoms with Crippen molar-refractivity contribution < 1.29 is 5.48 Å². The lowest BCUT2D eigenvalue weighted by Gasteiger charge is -2.02. The second kappa shape index (κ2) is 6.21. The maximum Gasteiger partial charge on any atom is 0.0350 e. The Morgan fingerprint density at radius 3 is 1.86 bits per heavy atom. The third kappa shape index (κ3) is 10.7. The molecule has 0 aliphatic carbocycles. The van der Waals surface area contributed by atoms with E-state index in [-0.39, 0.29) is 5.48 Å². The molecule has 0 rings (SSSR count). The van der Waals surface area contributed by atoms with Crippen LogP contribution in [0.4, 0.5) is 0 Å². The molecule has 0 saturated heterocycles. The van der Waals surface area contributed by atoms with Crippen LogP contribution < -0.4 is 0 Å². The second-order valence-corrected chi connectivity index (χ2v) is 1.87. The lowest BCUT2D eigenvalue weighted by molar-refractivity contribution is 0.436. The molecule has 0 bridgehead atoms. The van der Waals surface area contributed by atoms with Gasteiger partial charge in [0.05, 0.1) is 0 Å². The Kier molecular flexibility index (Phi) is 9.09. The molecular formula is C4H12ClNO. The summed E-state index contributed by atoms with van der Waals surface area (Å²) in [4.78, 5) is 2.05. The van der Waals surface area contributed by atoms with Gasteiger partial charge in [0.1, 0.15) is 0 Å². The van der Waals surface area contributed by atoms with Gasteiger partial charge in [-0.25, -0.2) is 0 Å². The molecule has 0 aromatic heterocycles. The fourth-order valence-electron chi connectivity index (χ4n) is 0.169. The van der Waals surface area contributed by atoms with Crippen LogP contribution in [0.5, 0.6) is 0 Å². The molecule has 2 N–H and O–H groups in total. The predicted octanol–water partition coefficient (Wildman–Crippen LogP) is -0.0379. The van der Waals surface area contributed by atoms with Gasteiger partial charge in [0.2, 0.25) is 0 Å². The highest BCUT2D eigenvalue weighted by atomic mass is 35.5. The summed E-state index contributed by atoms with van der Waals surface area (Å²) in [5.74, 6) is 0.729. The Hall–Kier alpha value is 0.210. The van der Waals surface area contributed by atoms with E-state index in [4.69, 9.17) is 11.6 Å². The fraction of sp³-hybridized carbons (Fsp3) is 1.00. The van der Waals surface area contributed by atoms with Crippen molar-refractivity contribution >= 4 is 11.6 Å². The normalized spacial score (nSPS) is 8.57. The summed E-state index contributed by atoms with van der Waals surface area (Å²) >= 11 is 5.35. The van der Waals surface area contributed by atoms with Crippen LogP contribution in [0, 0.1) is 0 Å². The topological polar surface area (TPSA) is 34.7 Å². The number of hydrogen-bond acceptors (Lipinski definition) is 1. The van der Waals surface area contributed by atoms with Gasteiger partial charge in [0.25, 0.3) is 0 Å². The van der Waals surface area contributed by atoms with Gasteiger partial charge in [-0.3, -0.25) is 0 Å². The van der Waals surface area contributed by atoms with Gasteiger partial charge < -0.3 is 10.4 Å². The molecule has 0 heterocycles. The molecule has 0 aliphatic heterocycles. The largest absolute Gasteiger partial charge is 0.412 e. The SMILES string of the molecule is CN(C)CCCl.O. The third-order valence-corrected chi connectivity index (χ3v) is 0.701. The Morgan fingerprint density at radius 1 is 1.43 bits per heavy atom. The first kappa shape index (κ1) is 10.2. The van der Waals surface area contributed by atoms with E-state index in [1.54, 1.807) is 0 Å². The molecule has 0 spiro atoms. The first-order chi connectivity index (χ1) is 2.77. The van der Waals surface area contributed by atoms with E-state index in [0.29, 0.717) is 0 Å². The highest BCUT2D eigenvalue weighted by Gasteiger charge is 1.81. The summed E-state index contributed by atoms with van der Waals surface area (Å²) in [6.07, 6.45) is 0. The summed E-state index contributed by atoms with van der Waals surface area (Å²) in [5, 5.41) is 0. The number of hydrogen-bond donors (Lipinski definition) is 0. The Balaban J connectivity index is 0. The van der Waals surface area contributed by atoms with E-state index in [9.17, 15) is 0 Å². The molecule has 7 heavy (non-hydrogen) atoms. The molecule has 0 saturated carbocycles. The minimum absolute atomic E-state index is 0. The molecule has 0 aliphatic rings. The van der Waals surface area contributed by atoms with E-state index in [2.05, 4.69) is 0 Å². The van der Waals surface area contributed by atoms with Crippen molar-refractivity contribution in [2.45, 2.75) is 0 Å². The fourth-order valence-corrected chi connectivity index (χ4v) is 0.507. The van der Waals surface area contributed by atoms with Crippen molar-refractivity contribution in [1.82, 2.24) is 4.90 Å². The number of halogens is 1. The Labute approximate surface area is 49.4 Å². The van der Waals surface area contributed by atoms with Gasteiger partial charge in [-0.2, -0.15) is 0 Å². The zero-order valence-electron chi connectivity index (χ0n) is 4.74. The van der Waals surface area contributed by atoms with Gasteiger partial charge in [-0.1, -0.05) is 0 Å². The zero-order valence-corrected chi connectivity index (χ0v) is 5.50. The second-order valence-electron chi connectivity index (χ2n) is 1.49. The van der Waals surface area contributed by atoms with Crippen molar-refractivity contribution in [3.05, 3.63) is 0 Å². The summed E-state index contributed by atoms with van der Waals surface area (Å²) in [5.41, 5.74) is 0. The van der Waals surface area contributed by atoms with E-state index in [1.165, 1.54) is 0 Å². The highest BCUT2D eigenvalue weighted by molar-refractivity contribution is 6.18. The van der Waals surface area contributed by atoms with Gasteiger partial charge in [-0.15, -0.1) is 11.6 Å². The lowest BCUT2D eigenvalue weighted by Crippen LogP contribution is -2.13. The highest BCUT2D eigenvalue weighted by Crippen LogP contribution is 1.75. The Bertz CT molecular complexity index is 32.9. The average Bonchev–Trinajstić information content (AvgIpc) is 1.35. The molecule has 0 amide bonds. The zero-order chi connectivity index (χ0) is 4.99.